The molecule has 0 bridgehead atoms. The van der Waals surface area contributed by atoms with Crippen LogP contribution in [-0.2, 0) is 23.8 Å². The van der Waals surface area contributed by atoms with Crippen molar-refractivity contribution < 1.29 is 38.1 Å². The topological polar surface area (TPSA) is 186 Å². The highest BCUT2D eigenvalue weighted by atomic mass is 16.5. The van der Waals surface area contributed by atoms with Gasteiger partial charge in [0.2, 0.25) is 5.91 Å². The molecule has 252 valence electrons. The summed E-state index contributed by atoms with van der Waals surface area (Å²) in [6, 6.07) is 23.7. The van der Waals surface area contributed by atoms with Crippen LogP contribution in [0.3, 0.4) is 0 Å². The number of ether oxygens (including phenoxy) is 3. The Labute approximate surface area is 282 Å². The first kappa shape index (κ1) is 34.4. The van der Waals surface area contributed by atoms with Crippen molar-refractivity contribution >= 4 is 40.5 Å². The molecule has 0 radical (unpaired) electrons. The lowest BCUT2D eigenvalue weighted by atomic mass is 9.90. The Kier molecular flexibility index (Phi) is 11.7. The molecule has 0 fully saturated rings. The summed E-state index contributed by atoms with van der Waals surface area (Å²) < 4.78 is 22.3. The van der Waals surface area contributed by atoms with Crippen LogP contribution >= 0.6 is 0 Å². The first-order valence-corrected chi connectivity index (χ1v) is 15.5. The smallest absolute Gasteiger partial charge is 0.339 e. The SMILES string of the molecule is N=c1ccc2c(-c3ccccc3C(=O)OCC(=O)NCCOCCOCCNC(=O)/C=C/c3ccc(O)cc3)c3ccc(N)cc3oc-2c1. The molecule has 0 atom stereocenters. The van der Waals surface area contributed by atoms with Gasteiger partial charge in [0, 0.05) is 53.5 Å². The van der Waals surface area contributed by atoms with Crippen LogP contribution in [0.5, 0.6) is 5.75 Å². The lowest BCUT2D eigenvalue weighted by molar-refractivity contribution is -0.124. The number of nitrogens with one attached hydrogen (secondary N) is 3. The number of amides is 2. The summed E-state index contributed by atoms with van der Waals surface area (Å²) >= 11 is 0. The zero-order valence-electron chi connectivity index (χ0n) is 26.6. The van der Waals surface area contributed by atoms with Crippen LogP contribution < -0.4 is 21.7 Å². The maximum Gasteiger partial charge on any atom is 0.339 e. The van der Waals surface area contributed by atoms with Gasteiger partial charge in [-0.25, -0.2) is 4.79 Å². The third-order valence-electron chi connectivity index (χ3n) is 7.30. The molecule has 1 heterocycles. The summed E-state index contributed by atoms with van der Waals surface area (Å²) in [6.45, 7) is 1.20. The Hall–Kier alpha value is -5.98. The molecule has 0 unspecified atom stereocenters. The van der Waals surface area contributed by atoms with Gasteiger partial charge in [-0.05, 0) is 59.7 Å². The van der Waals surface area contributed by atoms with E-state index in [1.54, 1.807) is 84.9 Å². The molecule has 1 aliphatic carbocycles. The van der Waals surface area contributed by atoms with E-state index in [0.717, 1.165) is 16.5 Å². The second-order valence-corrected chi connectivity index (χ2v) is 10.9. The second kappa shape index (κ2) is 16.7. The molecule has 0 saturated carbocycles. The average molecular weight is 665 g/mol. The largest absolute Gasteiger partial charge is 0.508 e. The first-order chi connectivity index (χ1) is 23.8. The van der Waals surface area contributed by atoms with Gasteiger partial charge in [0.15, 0.2) is 6.61 Å². The minimum absolute atomic E-state index is 0.159. The number of rotatable bonds is 15. The van der Waals surface area contributed by atoms with Gasteiger partial charge in [-0.2, -0.15) is 0 Å². The number of carbonyl (C=O) groups is 3. The molecule has 3 aromatic rings. The average Bonchev–Trinajstić information content (AvgIpc) is 3.10. The first-order valence-electron chi connectivity index (χ1n) is 15.5. The number of phenols is 1. The third kappa shape index (κ3) is 9.53. The van der Waals surface area contributed by atoms with Crippen LogP contribution in [0.25, 0.3) is 39.5 Å². The number of hydrogen-bond donors (Lipinski definition) is 5. The highest BCUT2D eigenvalue weighted by Gasteiger charge is 2.22. The number of hydrogen-bond acceptors (Lipinski definition) is 10. The van der Waals surface area contributed by atoms with Crippen LogP contribution in [0, 0.1) is 5.41 Å². The van der Waals surface area contributed by atoms with E-state index < -0.39 is 18.5 Å². The molecular weight excluding hydrogens is 628 g/mol. The fraction of sp³-hybridized carbons (Fsp3) is 0.189. The van der Waals surface area contributed by atoms with Crippen LogP contribution in [0.2, 0.25) is 0 Å². The van der Waals surface area contributed by atoms with Crippen molar-refractivity contribution in [3.63, 3.8) is 0 Å². The highest BCUT2D eigenvalue weighted by Crippen LogP contribution is 2.41. The predicted octanol–water partition coefficient (Wildman–Crippen LogP) is 4.11. The standard InChI is InChI=1S/C37H36N4O8/c38-25-8-12-30-32(21-25)49-33-22-26(39)9-13-31(33)36(30)28-3-1-2-4-29(28)37(45)48-23-35(44)41-16-18-47-20-19-46-17-15-40-34(43)14-7-24-5-10-27(42)11-6-24/h1-14,21-22,38,42H,15-20,23,39H2,(H,40,43)(H,41,44)/b14-7+,38-25?. The molecule has 0 aromatic heterocycles. The van der Waals surface area contributed by atoms with Crippen molar-refractivity contribution in [3.8, 4) is 28.2 Å². The monoisotopic (exact) mass is 664 g/mol. The Morgan fingerprint density at radius 3 is 2.35 bits per heavy atom. The molecule has 0 saturated heterocycles. The summed E-state index contributed by atoms with van der Waals surface area (Å²) in [5.41, 5.74) is 10.1. The molecule has 3 aromatic carbocycles. The number of nitrogens with two attached hydrogens (primary N) is 1. The molecule has 2 aliphatic rings. The quantitative estimate of drug-likeness (QED) is 0.0361. The number of fused-ring (bicyclic) bond motifs is 2. The minimum atomic E-state index is -0.668. The maximum atomic E-state index is 13.2. The number of phenolic OH excluding ortho intramolecular Hbond substituents is 1. The highest BCUT2D eigenvalue weighted by molar-refractivity contribution is 6.08. The van der Waals surface area contributed by atoms with Crippen molar-refractivity contribution in [3.05, 3.63) is 107 Å². The van der Waals surface area contributed by atoms with E-state index >= 15 is 0 Å². The third-order valence-corrected chi connectivity index (χ3v) is 7.30. The summed E-state index contributed by atoms with van der Waals surface area (Å²) in [4.78, 5) is 37.5. The number of anilines is 1. The molecule has 12 nitrogen and oxygen atoms in total. The fourth-order valence-electron chi connectivity index (χ4n) is 4.98. The lowest BCUT2D eigenvalue weighted by Gasteiger charge is -2.17. The molecular formula is C37H36N4O8. The number of aromatic hydroxyl groups is 1. The normalized spacial score (nSPS) is 11.2. The van der Waals surface area contributed by atoms with Crippen LogP contribution in [0.1, 0.15) is 15.9 Å². The van der Waals surface area contributed by atoms with Gasteiger partial charge in [-0.15, -0.1) is 0 Å². The van der Waals surface area contributed by atoms with Crippen LogP contribution in [0.15, 0.2) is 95.4 Å². The molecule has 49 heavy (non-hydrogen) atoms. The van der Waals surface area contributed by atoms with Crippen molar-refractivity contribution in [2.75, 3.05) is 51.9 Å². The van der Waals surface area contributed by atoms with E-state index in [4.69, 9.17) is 29.8 Å². The van der Waals surface area contributed by atoms with E-state index in [9.17, 15) is 19.5 Å². The molecule has 5 rings (SSSR count). The van der Waals surface area contributed by atoms with Gasteiger partial charge >= 0.3 is 5.97 Å². The molecule has 6 N–H and O–H groups in total. The van der Waals surface area contributed by atoms with Crippen molar-refractivity contribution in [1.29, 1.82) is 5.41 Å². The predicted molar refractivity (Wildman–Crippen MR) is 184 cm³/mol. The molecule has 2 amide bonds. The molecule has 12 heteroatoms. The Balaban J connectivity index is 1.03. The number of esters is 1. The summed E-state index contributed by atoms with van der Waals surface area (Å²) in [6.07, 6.45) is 3.05. The Morgan fingerprint density at radius 1 is 0.837 bits per heavy atom. The lowest BCUT2D eigenvalue weighted by Crippen LogP contribution is -2.32. The van der Waals surface area contributed by atoms with Gasteiger partial charge < -0.3 is 45.5 Å². The summed E-state index contributed by atoms with van der Waals surface area (Å²) in [5, 5.41) is 23.7. The van der Waals surface area contributed by atoms with Crippen molar-refractivity contribution in [2.45, 2.75) is 0 Å². The number of benzene rings is 4. The van der Waals surface area contributed by atoms with Gasteiger partial charge in [-0.3, -0.25) is 9.59 Å². The van der Waals surface area contributed by atoms with E-state index in [2.05, 4.69) is 10.6 Å². The minimum Gasteiger partial charge on any atom is -0.508 e. The van der Waals surface area contributed by atoms with Crippen molar-refractivity contribution in [1.82, 2.24) is 10.6 Å². The Bertz CT molecular complexity index is 1990. The zero-order chi connectivity index (χ0) is 34.6. The van der Waals surface area contributed by atoms with E-state index in [1.165, 1.54) is 6.08 Å². The van der Waals surface area contributed by atoms with Crippen LogP contribution in [-0.4, -0.2) is 69.0 Å². The Morgan fingerprint density at radius 2 is 1.57 bits per heavy atom. The summed E-state index contributed by atoms with van der Waals surface area (Å²) in [7, 11) is 0. The van der Waals surface area contributed by atoms with E-state index in [0.29, 0.717) is 54.5 Å². The molecule has 0 spiro atoms. The van der Waals surface area contributed by atoms with Gasteiger partial charge in [0.05, 0.1) is 37.3 Å². The van der Waals surface area contributed by atoms with Crippen molar-refractivity contribution in [2.24, 2.45) is 0 Å². The number of carbonyl (C=O) groups excluding carboxylic acids is 3. The number of nitrogen functional groups attached to an aromatic ring is 1. The van der Waals surface area contributed by atoms with Gasteiger partial charge in [-0.1, -0.05) is 30.3 Å². The zero-order valence-corrected chi connectivity index (χ0v) is 26.6. The molecule has 1 aliphatic heterocycles. The fourth-order valence-corrected chi connectivity index (χ4v) is 4.98. The van der Waals surface area contributed by atoms with E-state index in [-0.39, 0.29) is 35.7 Å². The summed E-state index contributed by atoms with van der Waals surface area (Å²) in [5.74, 6) is -0.778. The second-order valence-electron chi connectivity index (χ2n) is 10.9. The van der Waals surface area contributed by atoms with Gasteiger partial charge in [0.25, 0.3) is 5.91 Å². The van der Waals surface area contributed by atoms with Gasteiger partial charge in [0.1, 0.15) is 17.1 Å². The maximum absolute atomic E-state index is 13.2. The van der Waals surface area contributed by atoms with E-state index in [1.807, 2.05) is 6.07 Å². The van der Waals surface area contributed by atoms with Crippen LogP contribution in [0.4, 0.5) is 5.69 Å².